The van der Waals surface area contributed by atoms with Crippen LogP contribution in [-0.4, -0.2) is 0 Å². The first-order chi connectivity index (χ1) is 9.51. The first-order valence-corrected chi connectivity index (χ1v) is 8.10. The summed E-state index contributed by atoms with van der Waals surface area (Å²) in [6.07, 6.45) is 0. The van der Waals surface area contributed by atoms with Gasteiger partial charge in [0.1, 0.15) is 12.4 Å². The van der Waals surface area contributed by atoms with Gasteiger partial charge in [0.2, 0.25) is 0 Å². The van der Waals surface area contributed by atoms with Gasteiger partial charge in [-0.3, -0.25) is 0 Å². The van der Waals surface area contributed by atoms with Crippen molar-refractivity contribution >= 4 is 55.1 Å². The van der Waals surface area contributed by atoms with Crippen molar-refractivity contribution in [2.45, 2.75) is 13.2 Å². The van der Waals surface area contributed by atoms with Gasteiger partial charge in [-0.05, 0) is 33.6 Å². The van der Waals surface area contributed by atoms with E-state index < -0.39 is 0 Å². The van der Waals surface area contributed by atoms with Crippen LogP contribution in [-0.2, 0) is 13.2 Å². The highest BCUT2D eigenvalue weighted by Gasteiger charge is 2.08. The first-order valence-electron chi connectivity index (χ1n) is 5.76. The fourth-order valence-corrected chi connectivity index (χ4v) is 2.99. The Hall–Kier alpha value is -0.260. The molecule has 2 aromatic rings. The Morgan fingerprint density at radius 2 is 1.75 bits per heavy atom. The Morgan fingerprint density at radius 1 is 1.00 bits per heavy atom. The van der Waals surface area contributed by atoms with Crippen LogP contribution in [0.4, 0.5) is 0 Å². The van der Waals surface area contributed by atoms with E-state index in [0.717, 1.165) is 20.1 Å². The molecule has 0 heterocycles. The number of ether oxygens (including phenoxy) is 1. The van der Waals surface area contributed by atoms with E-state index in [9.17, 15) is 0 Å². The third-order valence-corrected chi connectivity index (χ3v) is 4.94. The van der Waals surface area contributed by atoms with Gasteiger partial charge in [0.25, 0.3) is 0 Å². The zero-order valence-electron chi connectivity index (χ0n) is 10.3. The second kappa shape index (κ2) is 7.14. The maximum absolute atomic E-state index is 6.11. The average molecular weight is 440 g/mol. The predicted molar refractivity (Wildman–Crippen MR) is 90.5 cm³/mol. The molecule has 0 aromatic heterocycles. The molecule has 0 amide bonds. The van der Waals surface area contributed by atoms with Crippen LogP contribution in [0.25, 0.3) is 0 Å². The number of hydrogen-bond donors (Lipinski definition) is 1. The smallest absolute Gasteiger partial charge is 0.139 e. The van der Waals surface area contributed by atoms with Gasteiger partial charge in [-0.2, -0.15) is 0 Å². The van der Waals surface area contributed by atoms with Gasteiger partial charge >= 0.3 is 0 Å². The van der Waals surface area contributed by atoms with Crippen molar-refractivity contribution in [1.29, 1.82) is 0 Å². The van der Waals surface area contributed by atoms with Gasteiger partial charge in [0.15, 0.2) is 0 Å². The molecule has 6 heteroatoms. The highest BCUT2D eigenvalue weighted by molar-refractivity contribution is 9.10. The van der Waals surface area contributed by atoms with E-state index in [4.69, 9.17) is 33.7 Å². The zero-order valence-corrected chi connectivity index (χ0v) is 15.0. The molecule has 0 aliphatic rings. The van der Waals surface area contributed by atoms with Crippen LogP contribution in [0, 0.1) is 0 Å². The summed E-state index contributed by atoms with van der Waals surface area (Å²) in [4.78, 5) is 0. The van der Waals surface area contributed by atoms with Crippen molar-refractivity contribution in [3.63, 3.8) is 0 Å². The normalized spacial score (nSPS) is 10.7. The topological polar surface area (TPSA) is 35.2 Å². The van der Waals surface area contributed by atoms with E-state index in [1.54, 1.807) is 12.1 Å². The van der Waals surface area contributed by atoms with Gasteiger partial charge in [-0.25, -0.2) is 0 Å². The molecule has 0 saturated heterocycles. The van der Waals surface area contributed by atoms with Crippen molar-refractivity contribution in [1.82, 2.24) is 0 Å². The molecule has 0 aliphatic carbocycles. The summed E-state index contributed by atoms with van der Waals surface area (Å²) < 4.78 is 7.41. The highest BCUT2D eigenvalue weighted by Crippen LogP contribution is 2.34. The maximum atomic E-state index is 6.11. The highest BCUT2D eigenvalue weighted by atomic mass is 79.9. The Balaban J connectivity index is 2.15. The number of hydrogen-bond acceptors (Lipinski definition) is 2. The van der Waals surface area contributed by atoms with Crippen LogP contribution in [0.5, 0.6) is 5.75 Å². The molecule has 0 atom stereocenters. The lowest BCUT2D eigenvalue weighted by atomic mass is 10.1. The van der Waals surface area contributed by atoms with E-state index in [1.165, 1.54) is 0 Å². The molecule has 0 spiro atoms. The second-order valence-corrected chi connectivity index (χ2v) is 6.64. The minimum Gasteiger partial charge on any atom is -0.487 e. The number of rotatable bonds is 4. The van der Waals surface area contributed by atoms with Crippen LogP contribution >= 0.6 is 55.1 Å². The SMILES string of the molecule is NCc1ccc(COc2cc(Cl)c(Br)cc2Cl)c(Br)c1. The largest absolute Gasteiger partial charge is 0.487 e. The molecule has 20 heavy (non-hydrogen) atoms. The molecule has 0 fully saturated rings. The molecule has 2 N–H and O–H groups in total. The molecule has 0 radical (unpaired) electrons. The van der Waals surface area contributed by atoms with Crippen LogP contribution in [0.2, 0.25) is 10.0 Å². The van der Waals surface area contributed by atoms with Crippen LogP contribution in [0.1, 0.15) is 11.1 Å². The third-order valence-electron chi connectivity index (χ3n) is 2.71. The number of benzene rings is 2. The average Bonchev–Trinajstić information content (AvgIpc) is 2.42. The van der Waals surface area contributed by atoms with Crippen molar-refractivity contribution in [3.8, 4) is 5.75 Å². The second-order valence-electron chi connectivity index (χ2n) is 4.12. The van der Waals surface area contributed by atoms with E-state index in [2.05, 4.69) is 31.9 Å². The Bertz CT molecular complexity index is 635. The van der Waals surface area contributed by atoms with Crippen molar-refractivity contribution < 1.29 is 4.74 Å². The molecule has 0 aliphatic heterocycles. The summed E-state index contributed by atoms with van der Waals surface area (Å²) in [6.45, 7) is 0.900. The lowest BCUT2D eigenvalue weighted by molar-refractivity contribution is 0.305. The predicted octanol–water partition coefficient (Wildman–Crippen LogP) is 5.56. The van der Waals surface area contributed by atoms with Gasteiger partial charge in [-0.1, -0.05) is 51.3 Å². The molecule has 2 rings (SSSR count). The first kappa shape index (κ1) is 16.1. The summed E-state index contributed by atoms with van der Waals surface area (Å²) in [5, 5.41) is 1.07. The van der Waals surface area contributed by atoms with Crippen molar-refractivity contribution in [2.24, 2.45) is 5.73 Å². The third kappa shape index (κ3) is 3.89. The van der Waals surface area contributed by atoms with E-state index in [1.807, 2.05) is 18.2 Å². The summed E-state index contributed by atoms with van der Waals surface area (Å²) in [6, 6.07) is 9.33. The molecule has 2 aromatic carbocycles. The summed E-state index contributed by atoms with van der Waals surface area (Å²) >= 11 is 19.0. The molecular weight excluding hydrogens is 429 g/mol. The monoisotopic (exact) mass is 437 g/mol. The number of nitrogens with two attached hydrogens (primary N) is 1. The Labute approximate surface area is 144 Å². The molecular formula is C14H11Br2Cl2NO. The van der Waals surface area contributed by atoms with E-state index >= 15 is 0 Å². The van der Waals surface area contributed by atoms with Crippen LogP contribution < -0.4 is 10.5 Å². The van der Waals surface area contributed by atoms with Gasteiger partial charge in [0, 0.05) is 27.1 Å². The molecule has 0 unspecified atom stereocenters. The summed E-state index contributed by atoms with van der Waals surface area (Å²) in [5.74, 6) is 0.551. The van der Waals surface area contributed by atoms with Crippen LogP contribution in [0.3, 0.4) is 0 Å². The minimum absolute atomic E-state index is 0.392. The fourth-order valence-electron chi connectivity index (χ4n) is 1.61. The van der Waals surface area contributed by atoms with Gasteiger partial charge < -0.3 is 10.5 Å². The lowest BCUT2D eigenvalue weighted by Gasteiger charge is -2.11. The number of halogens is 4. The fraction of sp³-hybridized carbons (Fsp3) is 0.143. The summed E-state index contributed by atoms with van der Waals surface area (Å²) in [5.41, 5.74) is 7.67. The van der Waals surface area contributed by atoms with Gasteiger partial charge in [-0.15, -0.1) is 0 Å². The standard InChI is InChI=1S/C14H11Br2Cl2NO/c15-10-3-8(6-19)1-2-9(10)7-20-14-5-12(17)11(16)4-13(14)18/h1-5H,6-7,19H2. The molecule has 0 saturated carbocycles. The quantitative estimate of drug-likeness (QED) is 0.633. The zero-order chi connectivity index (χ0) is 14.7. The molecule has 2 nitrogen and oxygen atoms in total. The molecule has 106 valence electrons. The Morgan fingerprint density at radius 3 is 2.40 bits per heavy atom. The lowest BCUT2D eigenvalue weighted by Crippen LogP contribution is -2.00. The Kier molecular flexibility index (Phi) is 5.75. The van der Waals surface area contributed by atoms with Crippen LogP contribution in [0.15, 0.2) is 39.3 Å². The van der Waals surface area contributed by atoms with Crippen molar-refractivity contribution in [3.05, 3.63) is 60.4 Å². The summed E-state index contributed by atoms with van der Waals surface area (Å²) in [7, 11) is 0. The molecule has 0 bridgehead atoms. The van der Waals surface area contributed by atoms with Gasteiger partial charge in [0.05, 0.1) is 10.0 Å². The van der Waals surface area contributed by atoms with Crippen molar-refractivity contribution in [2.75, 3.05) is 0 Å². The van der Waals surface area contributed by atoms with E-state index in [-0.39, 0.29) is 0 Å². The van der Waals surface area contributed by atoms with E-state index in [0.29, 0.717) is 28.9 Å². The maximum Gasteiger partial charge on any atom is 0.139 e. The minimum atomic E-state index is 0.392.